The largest absolute Gasteiger partial charge is 0.368 e. The number of unbranched alkanes of at least 4 members (excludes halogenated alkanes) is 2. The van der Waals surface area contributed by atoms with Gasteiger partial charge in [0.25, 0.3) is 0 Å². The number of anilines is 1. The van der Waals surface area contributed by atoms with Gasteiger partial charge in [-0.3, -0.25) is 0 Å². The molecule has 1 N–H and O–H groups in total. The van der Waals surface area contributed by atoms with Gasteiger partial charge in [-0.15, -0.1) is 0 Å². The summed E-state index contributed by atoms with van der Waals surface area (Å²) in [4.78, 5) is 2.60. The van der Waals surface area contributed by atoms with Crippen molar-refractivity contribution in [3.05, 3.63) is 29.8 Å². The fourth-order valence-electron chi connectivity index (χ4n) is 3.15. The maximum absolute atomic E-state index is 3.60. The van der Waals surface area contributed by atoms with E-state index in [-0.39, 0.29) is 0 Å². The first-order chi connectivity index (χ1) is 9.34. The van der Waals surface area contributed by atoms with Gasteiger partial charge in [0.2, 0.25) is 0 Å². The van der Waals surface area contributed by atoms with Crippen molar-refractivity contribution < 1.29 is 0 Å². The summed E-state index contributed by atoms with van der Waals surface area (Å²) in [6.07, 6.45) is 8.04. The molecular weight excluding hydrogens is 232 g/mol. The lowest BCUT2D eigenvalue weighted by atomic mass is 10.1. The molecule has 1 aliphatic carbocycles. The topological polar surface area (TPSA) is 15.3 Å². The minimum absolute atomic E-state index is 0.682. The Morgan fingerprint density at radius 3 is 2.84 bits per heavy atom. The molecule has 2 nitrogen and oxygen atoms in total. The van der Waals surface area contributed by atoms with Gasteiger partial charge in [-0.05, 0) is 57.2 Å². The number of hydrogen-bond acceptors (Lipinski definition) is 2. The first-order valence-corrected chi connectivity index (χ1v) is 7.92. The van der Waals surface area contributed by atoms with E-state index in [1.807, 2.05) is 0 Å². The Kier molecular flexibility index (Phi) is 4.07. The van der Waals surface area contributed by atoms with E-state index in [0.717, 1.165) is 6.04 Å². The van der Waals surface area contributed by atoms with Crippen LogP contribution in [0.15, 0.2) is 24.3 Å². The molecule has 1 aromatic carbocycles. The van der Waals surface area contributed by atoms with Crippen LogP contribution in [-0.4, -0.2) is 25.2 Å². The van der Waals surface area contributed by atoms with E-state index in [1.165, 1.54) is 62.9 Å². The molecular formula is C17H26N2. The zero-order valence-electron chi connectivity index (χ0n) is 12.1. The van der Waals surface area contributed by atoms with Crippen LogP contribution in [0.2, 0.25) is 0 Å². The summed E-state index contributed by atoms with van der Waals surface area (Å²) in [5.74, 6) is 0. The molecule has 0 radical (unpaired) electrons. The molecule has 0 bridgehead atoms. The highest BCUT2D eigenvalue weighted by molar-refractivity contribution is 5.59. The zero-order chi connectivity index (χ0) is 13.1. The van der Waals surface area contributed by atoms with Gasteiger partial charge in [0.05, 0.1) is 0 Å². The number of para-hydroxylation sites is 1. The van der Waals surface area contributed by atoms with Crippen LogP contribution in [0.25, 0.3) is 0 Å². The quantitative estimate of drug-likeness (QED) is 0.754. The number of benzene rings is 1. The Morgan fingerprint density at radius 2 is 2.00 bits per heavy atom. The number of rotatable bonds is 7. The van der Waals surface area contributed by atoms with Crippen molar-refractivity contribution in [3.8, 4) is 0 Å². The second-order valence-corrected chi connectivity index (χ2v) is 6.16. The van der Waals surface area contributed by atoms with Crippen molar-refractivity contribution in [2.75, 3.05) is 18.0 Å². The lowest BCUT2D eigenvalue weighted by Crippen LogP contribution is -2.30. The Bertz CT molecular complexity index is 411. The summed E-state index contributed by atoms with van der Waals surface area (Å²) in [5.41, 5.74) is 3.01. The summed E-state index contributed by atoms with van der Waals surface area (Å²) >= 11 is 0. The highest BCUT2D eigenvalue weighted by Gasteiger charge is 2.24. The van der Waals surface area contributed by atoms with Crippen LogP contribution in [0.1, 0.15) is 44.6 Å². The second-order valence-electron chi connectivity index (χ2n) is 6.16. The maximum atomic E-state index is 3.60. The number of hydrogen-bond donors (Lipinski definition) is 1. The standard InChI is InChI=1S/C17H26N2/c1-14-13-15-7-3-4-8-17(15)19(14)12-6-2-5-11-18-16-9-10-16/h3-4,7-8,14,16,18H,2,5-6,9-13H2,1H3. The van der Waals surface area contributed by atoms with Crippen molar-refractivity contribution in [3.63, 3.8) is 0 Å². The molecule has 1 heterocycles. The van der Waals surface area contributed by atoms with Crippen molar-refractivity contribution >= 4 is 5.69 Å². The van der Waals surface area contributed by atoms with Crippen LogP contribution in [0.3, 0.4) is 0 Å². The molecule has 3 rings (SSSR count). The van der Waals surface area contributed by atoms with E-state index in [1.54, 1.807) is 0 Å². The molecule has 0 aromatic heterocycles. The molecule has 19 heavy (non-hydrogen) atoms. The molecule has 1 saturated carbocycles. The van der Waals surface area contributed by atoms with Gasteiger partial charge in [-0.2, -0.15) is 0 Å². The van der Waals surface area contributed by atoms with Crippen LogP contribution in [0.4, 0.5) is 5.69 Å². The SMILES string of the molecule is CC1Cc2ccccc2N1CCCCCNC1CC1. The van der Waals surface area contributed by atoms with Crippen molar-refractivity contribution in [2.24, 2.45) is 0 Å². The average molecular weight is 258 g/mol. The highest BCUT2D eigenvalue weighted by Crippen LogP contribution is 2.31. The minimum atomic E-state index is 0.682. The fourth-order valence-corrected chi connectivity index (χ4v) is 3.15. The molecule has 0 saturated heterocycles. The molecule has 0 spiro atoms. The Balaban J connectivity index is 1.39. The number of nitrogens with zero attached hydrogens (tertiary/aromatic N) is 1. The van der Waals surface area contributed by atoms with Crippen LogP contribution < -0.4 is 10.2 Å². The van der Waals surface area contributed by atoms with Crippen LogP contribution in [0, 0.1) is 0 Å². The summed E-state index contributed by atoms with van der Waals surface area (Å²) in [7, 11) is 0. The Hall–Kier alpha value is -1.02. The third kappa shape index (κ3) is 3.30. The van der Waals surface area contributed by atoms with Gasteiger partial charge in [-0.25, -0.2) is 0 Å². The lowest BCUT2D eigenvalue weighted by Gasteiger charge is -2.24. The number of nitrogens with one attached hydrogen (secondary N) is 1. The molecule has 0 amide bonds. The molecule has 1 aliphatic heterocycles. The van der Waals surface area contributed by atoms with E-state index >= 15 is 0 Å². The van der Waals surface area contributed by atoms with E-state index in [0.29, 0.717) is 6.04 Å². The first-order valence-electron chi connectivity index (χ1n) is 7.92. The van der Waals surface area contributed by atoms with Crippen molar-refractivity contribution in [1.82, 2.24) is 5.32 Å². The van der Waals surface area contributed by atoms with Gasteiger partial charge in [0.1, 0.15) is 0 Å². The molecule has 1 aromatic rings. The molecule has 1 unspecified atom stereocenters. The van der Waals surface area contributed by atoms with Gasteiger partial charge < -0.3 is 10.2 Å². The summed E-state index contributed by atoms with van der Waals surface area (Å²) in [5, 5.41) is 3.60. The Labute approximate surface area is 117 Å². The second kappa shape index (κ2) is 5.96. The normalized spacial score (nSPS) is 21.7. The maximum Gasteiger partial charge on any atom is 0.0402 e. The summed E-state index contributed by atoms with van der Waals surface area (Å²) in [6.45, 7) is 4.80. The highest BCUT2D eigenvalue weighted by atomic mass is 15.2. The molecule has 1 atom stereocenters. The Morgan fingerprint density at radius 1 is 1.16 bits per heavy atom. The number of fused-ring (bicyclic) bond motifs is 1. The van der Waals surface area contributed by atoms with Gasteiger partial charge in [0.15, 0.2) is 0 Å². The van der Waals surface area contributed by atoms with E-state index < -0.39 is 0 Å². The molecule has 2 aliphatic rings. The monoisotopic (exact) mass is 258 g/mol. The predicted octanol–water partition coefficient (Wildman–Crippen LogP) is 3.36. The fraction of sp³-hybridized carbons (Fsp3) is 0.647. The summed E-state index contributed by atoms with van der Waals surface area (Å²) < 4.78 is 0. The van der Waals surface area contributed by atoms with E-state index in [9.17, 15) is 0 Å². The summed E-state index contributed by atoms with van der Waals surface area (Å²) in [6, 6.07) is 10.5. The van der Waals surface area contributed by atoms with Crippen LogP contribution in [0.5, 0.6) is 0 Å². The van der Waals surface area contributed by atoms with Crippen molar-refractivity contribution in [1.29, 1.82) is 0 Å². The first kappa shape index (κ1) is 13.0. The zero-order valence-corrected chi connectivity index (χ0v) is 12.1. The van der Waals surface area contributed by atoms with Gasteiger partial charge in [0, 0.05) is 24.3 Å². The van der Waals surface area contributed by atoms with Crippen LogP contribution >= 0.6 is 0 Å². The van der Waals surface area contributed by atoms with E-state index in [4.69, 9.17) is 0 Å². The van der Waals surface area contributed by atoms with Crippen LogP contribution in [-0.2, 0) is 6.42 Å². The molecule has 104 valence electrons. The van der Waals surface area contributed by atoms with E-state index in [2.05, 4.69) is 41.4 Å². The van der Waals surface area contributed by atoms with Gasteiger partial charge >= 0.3 is 0 Å². The average Bonchev–Trinajstić information content (AvgIpc) is 3.18. The van der Waals surface area contributed by atoms with Gasteiger partial charge in [-0.1, -0.05) is 24.6 Å². The lowest BCUT2D eigenvalue weighted by molar-refractivity contribution is 0.578. The third-order valence-electron chi connectivity index (χ3n) is 4.43. The minimum Gasteiger partial charge on any atom is -0.368 e. The van der Waals surface area contributed by atoms with Crippen molar-refractivity contribution in [2.45, 2.75) is 57.5 Å². The predicted molar refractivity (Wildman–Crippen MR) is 81.8 cm³/mol. The third-order valence-corrected chi connectivity index (χ3v) is 4.43. The molecule has 1 fully saturated rings. The smallest absolute Gasteiger partial charge is 0.0402 e. The molecule has 2 heteroatoms.